The molecule has 168 valence electrons. The molecule has 1 aromatic carbocycles. The molecule has 1 aromatic heterocycles. The molecule has 0 amide bonds. The van der Waals surface area contributed by atoms with E-state index in [1.54, 1.807) is 13.3 Å². The van der Waals surface area contributed by atoms with Gasteiger partial charge in [0.2, 0.25) is 10.0 Å². The number of hydrogen-bond acceptors (Lipinski definition) is 7. The minimum atomic E-state index is -3.78. The van der Waals surface area contributed by atoms with Crippen LogP contribution in [0.2, 0.25) is 0 Å². The normalized spacial score (nSPS) is 18.3. The van der Waals surface area contributed by atoms with E-state index in [0.29, 0.717) is 32.8 Å². The number of sulfonamides is 1. The Morgan fingerprint density at radius 2 is 1.58 bits per heavy atom. The number of anilines is 2. The van der Waals surface area contributed by atoms with Crippen molar-refractivity contribution in [3.63, 3.8) is 0 Å². The number of nitrogens with zero attached hydrogens (tertiary/aromatic N) is 5. The molecule has 8 nitrogen and oxygen atoms in total. The maximum absolute atomic E-state index is 14.2. The van der Waals surface area contributed by atoms with Crippen LogP contribution in [0.1, 0.15) is 26.2 Å². The van der Waals surface area contributed by atoms with Crippen LogP contribution in [0.3, 0.4) is 0 Å². The molecule has 0 N–H and O–H groups in total. The number of ether oxygens (including phenoxy) is 1. The number of aromatic nitrogens is 2. The van der Waals surface area contributed by atoms with Gasteiger partial charge in [0.25, 0.3) is 0 Å². The van der Waals surface area contributed by atoms with Gasteiger partial charge < -0.3 is 14.5 Å². The topological polar surface area (TPSA) is 78.9 Å². The number of rotatable bonds is 6. The first-order valence-corrected chi connectivity index (χ1v) is 12.2. The summed E-state index contributed by atoms with van der Waals surface area (Å²) in [5.74, 6) is 1.11. The molecule has 10 heteroatoms. The Kier molecular flexibility index (Phi) is 6.57. The van der Waals surface area contributed by atoms with Crippen molar-refractivity contribution in [2.24, 2.45) is 0 Å². The fourth-order valence-electron chi connectivity index (χ4n) is 4.03. The predicted octanol–water partition coefficient (Wildman–Crippen LogP) is 2.52. The second-order valence-electron chi connectivity index (χ2n) is 7.70. The summed E-state index contributed by atoms with van der Waals surface area (Å²) in [6.45, 7) is 5.69. The van der Waals surface area contributed by atoms with Crippen molar-refractivity contribution in [1.29, 1.82) is 0 Å². The van der Waals surface area contributed by atoms with E-state index in [2.05, 4.69) is 19.8 Å². The molecule has 2 aromatic rings. The average Bonchev–Trinajstić information content (AvgIpc) is 2.81. The molecule has 0 unspecified atom stereocenters. The standard InChI is InChI=1S/C21H28FN5O3S/c1-2-30-19-7-6-17(14-18(19)22)31(28,29)27-12-10-26(11-13-27)21-15-20(23-16-24-21)25-8-4-3-5-9-25/h6-7,14-16H,2-5,8-13H2,1H3. The minimum Gasteiger partial charge on any atom is -0.491 e. The highest BCUT2D eigenvalue weighted by Crippen LogP contribution is 2.26. The highest BCUT2D eigenvalue weighted by molar-refractivity contribution is 7.89. The monoisotopic (exact) mass is 449 g/mol. The van der Waals surface area contributed by atoms with Gasteiger partial charge in [-0.3, -0.25) is 0 Å². The van der Waals surface area contributed by atoms with Gasteiger partial charge >= 0.3 is 0 Å². The highest BCUT2D eigenvalue weighted by Gasteiger charge is 2.30. The lowest BCUT2D eigenvalue weighted by molar-refractivity contribution is 0.321. The highest BCUT2D eigenvalue weighted by atomic mass is 32.2. The van der Waals surface area contributed by atoms with E-state index in [9.17, 15) is 12.8 Å². The van der Waals surface area contributed by atoms with Crippen LogP contribution < -0.4 is 14.5 Å². The lowest BCUT2D eigenvalue weighted by Gasteiger charge is -2.35. The zero-order valence-electron chi connectivity index (χ0n) is 17.7. The number of piperazine rings is 1. The number of hydrogen-bond donors (Lipinski definition) is 0. The Bertz CT molecular complexity index is 1010. The van der Waals surface area contributed by atoms with Crippen molar-refractivity contribution in [3.05, 3.63) is 36.4 Å². The third kappa shape index (κ3) is 4.74. The van der Waals surface area contributed by atoms with Crippen LogP contribution >= 0.6 is 0 Å². The van der Waals surface area contributed by atoms with Crippen LogP contribution in [0, 0.1) is 5.82 Å². The van der Waals surface area contributed by atoms with Crippen molar-refractivity contribution < 1.29 is 17.5 Å². The molecule has 0 spiro atoms. The number of piperidine rings is 1. The molecule has 31 heavy (non-hydrogen) atoms. The average molecular weight is 450 g/mol. The SMILES string of the molecule is CCOc1ccc(S(=O)(=O)N2CCN(c3cc(N4CCCCC4)ncn3)CC2)cc1F. The smallest absolute Gasteiger partial charge is 0.243 e. The van der Waals surface area contributed by atoms with E-state index in [4.69, 9.17) is 4.74 Å². The molecule has 0 saturated carbocycles. The predicted molar refractivity (Wildman–Crippen MR) is 117 cm³/mol. The number of benzene rings is 1. The maximum atomic E-state index is 14.2. The molecule has 2 aliphatic heterocycles. The molecule has 0 atom stereocenters. The summed E-state index contributed by atoms with van der Waals surface area (Å²) in [5, 5.41) is 0. The Labute approximate surface area is 182 Å². The summed E-state index contributed by atoms with van der Waals surface area (Å²) in [6.07, 6.45) is 5.16. The fraction of sp³-hybridized carbons (Fsp3) is 0.524. The van der Waals surface area contributed by atoms with E-state index in [0.717, 1.165) is 30.8 Å². The molecular weight excluding hydrogens is 421 g/mol. The van der Waals surface area contributed by atoms with Gasteiger partial charge in [0.05, 0.1) is 11.5 Å². The first kappa shape index (κ1) is 21.8. The molecule has 2 fully saturated rings. The second kappa shape index (κ2) is 9.35. The summed E-state index contributed by atoms with van der Waals surface area (Å²) >= 11 is 0. The van der Waals surface area contributed by atoms with Gasteiger partial charge in [-0.05, 0) is 44.4 Å². The van der Waals surface area contributed by atoms with E-state index in [1.807, 2.05) is 6.07 Å². The van der Waals surface area contributed by atoms with Crippen molar-refractivity contribution in [1.82, 2.24) is 14.3 Å². The van der Waals surface area contributed by atoms with Gasteiger partial charge in [0, 0.05) is 45.3 Å². The lowest BCUT2D eigenvalue weighted by atomic mass is 10.1. The lowest BCUT2D eigenvalue weighted by Crippen LogP contribution is -2.49. The van der Waals surface area contributed by atoms with E-state index >= 15 is 0 Å². The van der Waals surface area contributed by atoms with Gasteiger partial charge in [-0.2, -0.15) is 4.31 Å². The third-order valence-corrected chi connectivity index (χ3v) is 7.62. The molecule has 0 radical (unpaired) electrons. The van der Waals surface area contributed by atoms with E-state index in [-0.39, 0.29) is 10.6 Å². The first-order valence-electron chi connectivity index (χ1n) is 10.7. The van der Waals surface area contributed by atoms with Crippen molar-refractivity contribution in [3.8, 4) is 5.75 Å². The van der Waals surface area contributed by atoms with Gasteiger partial charge in [-0.25, -0.2) is 22.8 Å². The summed E-state index contributed by atoms with van der Waals surface area (Å²) < 4.78 is 46.7. The minimum absolute atomic E-state index is 0.0551. The quantitative estimate of drug-likeness (QED) is 0.671. The Hall–Kier alpha value is -2.46. The largest absolute Gasteiger partial charge is 0.491 e. The summed E-state index contributed by atoms with van der Waals surface area (Å²) in [4.78, 5) is 13.1. The van der Waals surface area contributed by atoms with Crippen LogP contribution in [-0.4, -0.2) is 68.6 Å². The molecule has 4 rings (SSSR count). The van der Waals surface area contributed by atoms with Crippen molar-refractivity contribution >= 4 is 21.7 Å². The van der Waals surface area contributed by atoms with Crippen LogP contribution in [0.25, 0.3) is 0 Å². The molecular formula is C21H28FN5O3S. The maximum Gasteiger partial charge on any atom is 0.243 e. The summed E-state index contributed by atoms with van der Waals surface area (Å²) in [7, 11) is -3.78. The Morgan fingerprint density at radius 1 is 0.935 bits per heavy atom. The van der Waals surface area contributed by atoms with Crippen LogP contribution in [0.5, 0.6) is 5.75 Å². The Morgan fingerprint density at radius 3 is 2.19 bits per heavy atom. The van der Waals surface area contributed by atoms with Crippen molar-refractivity contribution in [2.45, 2.75) is 31.1 Å². The molecule has 2 saturated heterocycles. The molecule has 0 bridgehead atoms. The molecule has 0 aliphatic carbocycles. The second-order valence-corrected chi connectivity index (χ2v) is 9.64. The zero-order chi connectivity index (χ0) is 21.8. The first-order chi connectivity index (χ1) is 15.0. The Balaban J connectivity index is 1.43. The summed E-state index contributed by atoms with van der Waals surface area (Å²) in [5.41, 5.74) is 0. The van der Waals surface area contributed by atoms with Crippen LogP contribution in [0.15, 0.2) is 35.5 Å². The van der Waals surface area contributed by atoms with Crippen molar-refractivity contribution in [2.75, 3.05) is 55.7 Å². The van der Waals surface area contributed by atoms with Crippen LogP contribution in [0.4, 0.5) is 16.0 Å². The van der Waals surface area contributed by atoms with E-state index < -0.39 is 15.8 Å². The number of halogens is 1. The van der Waals surface area contributed by atoms with Gasteiger partial charge in [0.15, 0.2) is 11.6 Å². The van der Waals surface area contributed by atoms with Crippen LogP contribution in [-0.2, 0) is 10.0 Å². The molecule has 3 heterocycles. The fourth-order valence-corrected chi connectivity index (χ4v) is 5.46. The van der Waals surface area contributed by atoms with E-state index in [1.165, 1.54) is 35.7 Å². The molecule has 2 aliphatic rings. The van der Waals surface area contributed by atoms with Gasteiger partial charge in [-0.15, -0.1) is 0 Å². The van der Waals surface area contributed by atoms with Gasteiger partial charge in [-0.1, -0.05) is 0 Å². The summed E-state index contributed by atoms with van der Waals surface area (Å²) in [6, 6.07) is 5.77. The zero-order valence-corrected chi connectivity index (χ0v) is 18.5. The third-order valence-electron chi connectivity index (χ3n) is 5.72. The van der Waals surface area contributed by atoms with Gasteiger partial charge in [0.1, 0.15) is 18.0 Å².